The van der Waals surface area contributed by atoms with Gasteiger partial charge in [0.1, 0.15) is 5.15 Å². The lowest BCUT2D eigenvalue weighted by Gasteiger charge is -1.67. The van der Waals surface area contributed by atoms with E-state index in [4.69, 9.17) is 11.6 Å². The second-order valence-corrected chi connectivity index (χ2v) is 1.83. The number of aryl methyl sites for hydroxylation is 1. The summed E-state index contributed by atoms with van der Waals surface area (Å²) < 4.78 is 0. The van der Waals surface area contributed by atoms with Crippen LogP contribution in [0.1, 0.15) is 5.56 Å². The van der Waals surface area contributed by atoms with Crippen LogP contribution in [0, 0.1) is 13.1 Å². The second-order valence-electron chi connectivity index (χ2n) is 1.43. The van der Waals surface area contributed by atoms with Crippen LogP contribution in [-0.4, -0.2) is 4.98 Å². The van der Waals surface area contributed by atoms with Gasteiger partial charge in [-0.15, -0.1) is 0 Å². The van der Waals surface area contributed by atoms with Gasteiger partial charge in [-0.25, -0.2) is 0 Å². The van der Waals surface area contributed by atoms with Crippen molar-refractivity contribution in [3.8, 4) is 0 Å². The second kappa shape index (κ2) is 1.58. The molecule has 0 amide bonds. The standard InChI is InChI=1S/C5H5ClN/c1-4-2-5(6)7-3-4/h2,7H,1H3. The third kappa shape index (κ3) is 0.967. The first-order valence-electron chi connectivity index (χ1n) is 2.02. The van der Waals surface area contributed by atoms with Crippen molar-refractivity contribution >= 4 is 11.6 Å². The van der Waals surface area contributed by atoms with E-state index in [1.807, 2.05) is 13.0 Å². The van der Waals surface area contributed by atoms with E-state index in [0.29, 0.717) is 5.15 Å². The molecular formula is C5H5ClN. The van der Waals surface area contributed by atoms with Gasteiger partial charge in [0, 0.05) is 0 Å². The maximum Gasteiger partial charge on any atom is 0.107 e. The number of H-pyrrole nitrogens is 1. The summed E-state index contributed by atoms with van der Waals surface area (Å²) in [6, 6.07) is 1.82. The number of rotatable bonds is 0. The van der Waals surface area contributed by atoms with E-state index in [0.717, 1.165) is 5.56 Å². The number of aromatic amines is 1. The fourth-order valence-electron chi connectivity index (χ4n) is 0.421. The fourth-order valence-corrected chi connectivity index (χ4v) is 0.631. The molecule has 7 heavy (non-hydrogen) atoms. The maximum atomic E-state index is 5.47. The average molecular weight is 115 g/mol. The molecule has 37 valence electrons. The van der Waals surface area contributed by atoms with Gasteiger partial charge >= 0.3 is 0 Å². The highest BCUT2D eigenvalue weighted by Crippen LogP contribution is 2.05. The van der Waals surface area contributed by atoms with Crippen LogP contribution >= 0.6 is 11.6 Å². The van der Waals surface area contributed by atoms with Gasteiger partial charge in [0.15, 0.2) is 0 Å². The Kier molecular flexibility index (Phi) is 1.07. The lowest BCUT2D eigenvalue weighted by Crippen LogP contribution is -1.53. The van der Waals surface area contributed by atoms with Crippen LogP contribution in [0.5, 0.6) is 0 Å². The summed E-state index contributed by atoms with van der Waals surface area (Å²) in [7, 11) is 0. The zero-order valence-electron chi connectivity index (χ0n) is 3.96. The molecule has 0 spiro atoms. The predicted molar refractivity (Wildman–Crippen MR) is 29.4 cm³/mol. The Labute approximate surface area is 47.3 Å². The van der Waals surface area contributed by atoms with Crippen molar-refractivity contribution in [2.75, 3.05) is 0 Å². The molecule has 1 aromatic rings. The zero-order chi connectivity index (χ0) is 5.28. The third-order valence-electron chi connectivity index (χ3n) is 0.722. The number of nitrogens with one attached hydrogen (secondary N) is 1. The predicted octanol–water partition coefficient (Wildman–Crippen LogP) is 1.78. The van der Waals surface area contributed by atoms with Crippen LogP contribution in [-0.2, 0) is 0 Å². The number of hydrogen-bond acceptors (Lipinski definition) is 0. The van der Waals surface area contributed by atoms with Gasteiger partial charge < -0.3 is 4.98 Å². The molecule has 1 radical (unpaired) electrons. The number of halogens is 1. The quantitative estimate of drug-likeness (QED) is 0.529. The monoisotopic (exact) mass is 114 g/mol. The van der Waals surface area contributed by atoms with E-state index in [2.05, 4.69) is 11.2 Å². The highest BCUT2D eigenvalue weighted by molar-refractivity contribution is 6.29. The van der Waals surface area contributed by atoms with Crippen LogP contribution in [0.4, 0.5) is 0 Å². The van der Waals surface area contributed by atoms with E-state index in [1.54, 1.807) is 0 Å². The molecule has 0 fully saturated rings. The van der Waals surface area contributed by atoms with Gasteiger partial charge in [0.05, 0.1) is 6.20 Å². The molecule has 0 aliphatic heterocycles. The molecule has 0 aromatic carbocycles. The average Bonchev–Trinajstić information content (AvgIpc) is 1.87. The molecule has 0 saturated heterocycles. The minimum atomic E-state index is 0.650. The van der Waals surface area contributed by atoms with Crippen LogP contribution in [0.15, 0.2) is 6.07 Å². The largest absolute Gasteiger partial charge is 0.344 e. The van der Waals surface area contributed by atoms with Crippen LogP contribution < -0.4 is 0 Å². The fraction of sp³-hybridized carbons (Fsp3) is 0.200. The van der Waals surface area contributed by atoms with Crippen molar-refractivity contribution in [3.63, 3.8) is 0 Å². The molecule has 2 heteroatoms. The van der Waals surface area contributed by atoms with Gasteiger partial charge in [-0.3, -0.25) is 0 Å². The maximum absolute atomic E-state index is 5.47. The molecule has 0 aliphatic carbocycles. The van der Waals surface area contributed by atoms with Crippen molar-refractivity contribution in [3.05, 3.63) is 23.0 Å². The third-order valence-corrected chi connectivity index (χ3v) is 0.926. The van der Waals surface area contributed by atoms with Crippen molar-refractivity contribution < 1.29 is 0 Å². The molecule has 1 heterocycles. The summed E-state index contributed by atoms with van der Waals surface area (Å²) in [5.74, 6) is 0. The zero-order valence-corrected chi connectivity index (χ0v) is 4.71. The first kappa shape index (κ1) is 4.72. The Morgan fingerprint density at radius 3 is 2.71 bits per heavy atom. The summed E-state index contributed by atoms with van der Waals surface area (Å²) in [5, 5.41) is 0.650. The SMILES string of the molecule is Cc1[c][nH]c(Cl)c1. The molecule has 0 saturated carbocycles. The van der Waals surface area contributed by atoms with E-state index >= 15 is 0 Å². The highest BCUT2D eigenvalue weighted by Gasteiger charge is 1.86. The first-order valence-corrected chi connectivity index (χ1v) is 2.39. The van der Waals surface area contributed by atoms with E-state index in [-0.39, 0.29) is 0 Å². The molecule has 0 bridgehead atoms. The molecular weight excluding hydrogens is 110 g/mol. The number of aromatic nitrogens is 1. The molecule has 1 aromatic heterocycles. The van der Waals surface area contributed by atoms with Gasteiger partial charge in [0.2, 0.25) is 0 Å². The van der Waals surface area contributed by atoms with Gasteiger partial charge in [-0.05, 0) is 18.6 Å². The van der Waals surface area contributed by atoms with Crippen molar-refractivity contribution in [1.29, 1.82) is 0 Å². The summed E-state index contributed by atoms with van der Waals surface area (Å²) in [5.41, 5.74) is 1.05. The van der Waals surface area contributed by atoms with E-state index in [9.17, 15) is 0 Å². The Morgan fingerprint density at radius 1 is 1.86 bits per heavy atom. The Balaban J connectivity index is 3.04. The molecule has 1 rings (SSSR count). The number of hydrogen-bond donors (Lipinski definition) is 1. The van der Waals surface area contributed by atoms with Crippen molar-refractivity contribution in [2.24, 2.45) is 0 Å². The summed E-state index contributed by atoms with van der Waals surface area (Å²) in [6.07, 6.45) is 2.81. The lowest BCUT2D eigenvalue weighted by atomic mass is 10.4. The van der Waals surface area contributed by atoms with Gasteiger partial charge in [0.25, 0.3) is 0 Å². The Bertz CT molecular complexity index is 140. The highest BCUT2D eigenvalue weighted by atomic mass is 35.5. The lowest BCUT2D eigenvalue weighted by molar-refractivity contribution is 1.37. The molecule has 1 N–H and O–H groups in total. The summed E-state index contributed by atoms with van der Waals surface area (Å²) in [4.78, 5) is 2.71. The molecule has 1 nitrogen and oxygen atoms in total. The normalized spacial score (nSPS) is 9.43. The van der Waals surface area contributed by atoms with Crippen molar-refractivity contribution in [1.82, 2.24) is 4.98 Å². The smallest absolute Gasteiger partial charge is 0.107 e. The molecule has 0 unspecified atom stereocenters. The summed E-state index contributed by atoms with van der Waals surface area (Å²) >= 11 is 5.47. The van der Waals surface area contributed by atoms with Gasteiger partial charge in [-0.1, -0.05) is 11.6 Å². The van der Waals surface area contributed by atoms with E-state index in [1.165, 1.54) is 0 Å². The Hall–Kier alpha value is -0.430. The molecule has 0 aliphatic rings. The topological polar surface area (TPSA) is 15.8 Å². The van der Waals surface area contributed by atoms with Crippen LogP contribution in [0.3, 0.4) is 0 Å². The summed E-state index contributed by atoms with van der Waals surface area (Å²) in [6.45, 7) is 1.93. The first-order chi connectivity index (χ1) is 3.29. The van der Waals surface area contributed by atoms with E-state index < -0.39 is 0 Å². The molecule has 0 atom stereocenters. The minimum Gasteiger partial charge on any atom is -0.344 e. The van der Waals surface area contributed by atoms with Crippen LogP contribution in [0.25, 0.3) is 0 Å². The van der Waals surface area contributed by atoms with Crippen molar-refractivity contribution in [2.45, 2.75) is 6.92 Å². The Morgan fingerprint density at radius 2 is 2.57 bits per heavy atom. The van der Waals surface area contributed by atoms with Gasteiger partial charge in [-0.2, -0.15) is 0 Å². The minimum absolute atomic E-state index is 0.650. The van der Waals surface area contributed by atoms with Crippen LogP contribution in [0.2, 0.25) is 5.15 Å².